The zero-order chi connectivity index (χ0) is 41.4. The maximum Gasteiger partial charge on any atom is 0.143 e. The highest BCUT2D eigenvalue weighted by atomic mass is 16.3. The molecule has 244 valence electrons. The standard InChI is InChI=1S/C50H33NO/c1-2-11-34(12-3-1)36-23-28-41(29-24-36)51(42-30-25-37(26-31-42)40-22-21-35-13-4-5-14-39(35)33-40)47-19-8-6-16-43(47)45-18-10-15-38-27-32-46-44-17-7-9-20-48(44)52-50(46)49(38)45/h1-33H/i23D,24D,25D,26D,28D,29D,30D,31D. The molecule has 0 aliphatic heterocycles. The van der Waals surface area contributed by atoms with Crippen LogP contribution in [0.25, 0.3) is 76.9 Å². The monoisotopic (exact) mass is 671 g/mol. The molecule has 0 unspecified atom stereocenters. The lowest BCUT2D eigenvalue weighted by Crippen LogP contribution is -2.11. The molecule has 2 heteroatoms. The summed E-state index contributed by atoms with van der Waals surface area (Å²) < 4.78 is 82.5. The van der Waals surface area contributed by atoms with Gasteiger partial charge in [0.1, 0.15) is 11.2 Å². The van der Waals surface area contributed by atoms with Crippen LogP contribution in [0.15, 0.2) is 204 Å². The van der Waals surface area contributed by atoms with Gasteiger partial charge in [-0.25, -0.2) is 0 Å². The molecule has 10 rings (SSSR count). The van der Waals surface area contributed by atoms with E-state index >= 15 is 0 Å². The molecule has 0 saturated carbocycles. The van der Waals surface area contributed by atoms with Crippen LogP contribution >= 0.6 is 0 Å². The van der Waals surface area contributed by atoms with Crippen molar-refractivity contribution in [1.82, 2.24) is 0 Å². The van der Waals surface area contributed by atoms with Crippen molar-refractivity contribution < 1.29 is 15.4 Å². The second-order valence-corrected chi connectivity index (χ2v) is 12.7. The smallest absolute Gasteiger partial charge is 0.143 e. The van der Waals surface area contributed by atoms with E-state index in [4.69, 9.17) is 4.42 Å². The topological polar surface area (TPSA) is 16.4 Å². The molecule has 10 aromatic rings. The second-order valence-electron chi connectivity index (χ2n) is 12.7. The van der Waals surface area contributed by atoms with Crippen molar-refractivity contribution >= 4 is 60.5 Å². The third-order valence-electron chi connectivity index (χ3n) is 9.59. The maximum absolute atomic E-state index is 9.65. The molecule has 0 N–H and O–H groups in total. The van der Waals surface area contributed by atoms with E-state index in [0.29, 0.717) is 28.0 Å². The third kappa shape index (κ3) is 5.12. The summed E-state index contributed by atoms with van der Waals surface area (Å²) in [6.07, 6.45) is 0. The summed E-state index contributed by atoms with van der Waals surface area (Å²) in [5, 5.41) is 5.40. The van der Waals surface area contributed by atoms with Crippen molar-refractivity contribution in [3.63, 3.8) is 0 Å². The van der Waals surface area contributed by atoms with Gasteiger partial charge in [0.15, 0.2) is 0 Å². The Labute approximate surface area is 313 Å². The van der Waals surface area contributed by atoms with Crippen LogP contribution in [0.1, 0.15) is 11.0 Å². The maximum atomic E-state index is 9.65. The molecule has 0 bridgehead atoms. The molecule has 0 fully saturated rings. The number of para-hydroxylation sites is 2. The van der Waals surface area contributed by atoms with E-state index in [0.717, 1.165) is 43.5 Å². The summed E-state index contributed by atoms with van der Waals surface area (Å²) in [5.74, 6) is 0. The Balaban J connectivity index is 1.29. The number of anilines is 3. The Bertz CT molecular complexity index is 3320. The molecule has 0 atom stereocenters. The van der Waals surface area contributed by atoms with Gasteiger partial charge in [-0.05, 0) is 92.4 Å². The molecular formula is C50H33NO. The summed E-state index contributed by atoms with van der Waals surface area (Å²) in [6.45, 7) is 0. The number of nitrogens with zero attached hydrogens (tertiary/aromatic N) is 1. The molecule has 1 aromatic heterocycles. The quantitative estimate of drug-likeness (QED) is 0.175. The lowest BCUT2D eigenvalue weighted by molar-refractivity contribution is 0.673. The van der Waals surface area contributed by atoms with Gasteiger partial charge in [-0.1, -0.05) is 152 Å². The van der Waals surface area contributed by atoms with E-state index < -0.39 is 24.2 Å². The van der Waals surface area contributed by atoms with Gasteiger partial charge < -0.3 is 9.32 Å². The Morgan fingerprint density at radius 1 is 0.404 bits per heavy atom. The Morgan fingerprint density at radius 2 is 1.02 bits per heavy atom. The van der Waals surface area contributed by atoms with Gasteiger partial charge >= 0.3 is 0 Å². The zero-order valence-corrected chi connectivity index (χ0v) is 27.8. The van der Waals surface area contributed by atoms with Crippen molar-refractivity contribution in [2.75, 3.05) is 4.90 Å². The molecule has 9 aromatic carbocycles. The summed E-state index contributed by atoms with van der Waals surface area (Å²) in [5.41, 5.74) is 3.79. The van der Waals surface area contributed by atoms with Gasteiger partial charge in [0.25, 0.3) is 0 Å². The Morgan fingerprint density at radius 3 is 1.83 bits per heavy atom. The van der Waals surface area contributed by atoms with Crippen LogP contribution in [-0.4, -0.2) is 0 Å². The predicted molar refractivity (Wildman–Crippen MR) is 220 cm³/mol. The van der Waals surface area contributed by atoms with Crippen LogP contribution in [-0.2, 0) is 0 Å². The number of benzene rings is 9. The SMILES string of the molecule is [2H]c1c([2H])c(N(c2ccccc2-c2cccc3ccc4c5ccccc5oc4c23)c2c([2H])c([2H])c(-c3ccc4ccccc4c3)c([2H])c2[2H])c([2H])c([2H])c1-c1ccccc1. The van der Waals surface area contributed by atoms with Gasteiger partial charge in [-0.15, -0.1) is 0 Å². The first kappa shape index (κ1) is 22.7. The molecule has 52 heavy (non-hydrogen) atoms. The van der Waals surface area contributed by atoms with E-state index in [1.165, 1.54) is 4.90 Å². The van der Waals surface area contributed by atoms with Crippen LogP contribution in [0.5, 0.6) is 0 Å². The Hall–Kier alpha value is -6.90. The summed E-state index contributed by atoms with van der Waals surface area (Å²) in [7, 11) is 0. The van der Waals surface area contributed by atoms with Crippen molar-refractivity contribution in [2.45, 2.75) is 0 Å². The first-order valence-electron chi connectivity index (χ1n) is 21.1. The largest absolute Gasteiger partial charge is 0.455 e. The fourth-order valence-corrected chi connectivity index (χ4v) is 7.10. The van der Waals surface area contributed by atoms with E-state index in [1.54, 1.807) is 42.5 Å². The van der Waals surface area contributed by atoms with Crippen LogP contribution in [0.4, 0.5) is 17.1 Å². The lowest BCUT2D eigenvalue weighted by atomic mass is 9.94. The minimum absolute atomic E-state index is 0.105. The van der Waals surface area contributed by atoms with Crippen LogP contribution < -0.4 is 4.90 Å². The third-order valence-corrected chi connectivity index (χ3v) is 9.59. The van der Waals surface area contributed by atoms with Crippen molar-refractivity contribution in [3.8, 4) is 33.4 Å². The van der Waals surface area contributed by atoms with E-state index in [-0.39, 0.29) is 46.7 Å². The summed E-state index contributed by atoms with van der Waals surface area (Å²) >= 11 is 0. The van der Waals surface area contributed by atoms with Crippen LogP contribution in [0.3, 0.4) is 0 Å². The van der Waals surface area contributed by atoms with Gasteiger partial charge in [0, 0.05) is 33.1 Å². The molecule has 0 saturated heterocycles. The molecule has 0 aliphatic rings. The van der Waals surface area contributed by atoms with Gasteiger partial charge in [0.05, 0.1) is 16.7 Å². The zero-order valence-electron chi connectivity index (χ0n) is 35.8. The number of hydrogen-bond donors (Lipinski definition) is 0. The second kappa shape index (κ2) is 12.5. The van der Waals surface area contributed by atoms with Gasteiger partial charge in [-0.3, -0.25) is 0 Å². The minimum atomic E-state index is -0.407. The number of hydrogen-bond acceptors (Lipinski definition) is 2. The normalized spacial score (nSPS) is 13.6. The first-order valence-corrected chi connectivity index (χ1v) is 17.1. The van der Waals surface area contributed by atoms with E-state index in [9.17, 15) is 11.0 Å². The van der Waals surface area contributed by atoms with E-state index in [1.807, 2.05) is 109 Å². The van der Waals surface area contributed by atoms with Gasteiger partial charge in [0.2, 0.25) is 0 Å². The van der Waals surface area contributed by atoms with E-state index in [2.05, 4.69) is 0 Å². The Kier molecular flexibility index (Phi) is 5.45. The molecule has 0 amide bonds. The number of rotatable bonds is 6. The number of fused-ring (bicyclic) bond motifs is 6. The highest BCUT2D eigenvalue weighted by molar-refractivity contribution is 6.19. The highest BCUT2D eigenvalue weighted by Gasteiger charge is 2.21. The number of furan rings is 1. The lowest BCUT2D eigenvalue weighted by Gasteiger charge is -2.28. The molecular weight excluding hydrogens is 631 g/mol. The van der Waals surface area contributed by atoms with Crippen molar-refractivity contribution in [1.29, 1.82) is 0 Å². The van der Waals surface area contributed by atoms with Gasteiger partial charge in [-0.2, -0.15) is 0 Å². The summed E-state index contributed by atoms with van der Waals surface area (Å²) in [4.78, 5) is 1.38. The molecule has 2 nitrogen and oxygen atoms in total. The first-order chi connectivity index (χ1) is 29.1. The fraction of sp³-hybridized carbons (Fsp3) is 0. The molecule has 0 radical (unpaired) electrons. The minimum Gasteiger partial charge on any atom is -0.455 e. The average Bonchev–Trinajstić information content (AvgIpc) is 3.67. The molecule has 0 spiro atoms. The molecule has 1 heterocycles. The van der Waals surface area contributed by atoms with Crippen molar-refractivity contribution in [3.05, 3.63) is 200 Å². The van der Waals surface area contributed by atoms with Crippen LogP contribution in [0.2, 0.25) is 0 Å². The highest BCUT2D eigenvalue weighted by Crippen LogP contribution is 2.45. The summed E-state index contributed by atoms with van der Waals surface area (Å²) in [6, 6.07) is 44.1. The van der Waals surface area contributed by atoms with Crippen molar-refractivity contribution in [2.24, 2.45) is 0 Å². The molecule has 0 aliphatic carbocycles. The average molecular weight is 672 g/mol. The van der Waals surface area contributed by atoms with Crippen LogP contribution in [0, 0.1) is 0 Å². The predicted octanol–water partition coefficient (Wildman–Crippen LogP) is 14.4. The fourth-order valence-electron chi connectivity index (χ4n) is 7.10.